The SMILES string of the molecule is COc1ccc(Cl)cc1NC(=O)CCNc1cc(C)ccc1C. The zero-order valence-electron chi connectivity index (χ0n) is 13.6. The summed E-state index contributed by atoms with van der Waals surface area (Å²) in [6.45, 7) is 4.64. The van der Waals surface area contributed by atoms with Crippen molar-refractivity contribution in [3.8, 4) is 5.75 Å². The molecule has 0 heterocycles. The minimum Gasteiger partial charge on any atom is -0.495 e. The zero-order chi connectivity index (χ0) is 16.8. The van der Waals surface area contributed by atoms with Crippen molar-refractivity contribution in [2.45, 2.75) is 20.3 Å². The Balaban J connectivity index is 1.91. The molecule has 0 aliphatic rings. The molecule has 0 atom stereocenters. The van der Waals surface area contributed by atoms with Crippen LogP contribution >= 0.6 is 11.6 Å². The van der Waals surface area contributed by atoms with Gasteiger partial charge in [-0.1, -0.05) is 23.7 Å². The molecular weight excluding hydrogens is 312 g/mol. The summed E-state index contributed by atoms with van der Waals surface area (Å²) in [5.41, 5.74) is 3.98. The van der Waals surface area contributed by atoms with E-state index >= 15 is 0 Å². The third-order valence-corrected chi connectivity index (χ3v) is 3.73. The lowest BCUT2D eigenvalue weighted by Gasteiger charge is -2.12. The number of rotatable bonds is 6. The monoisotopic (exact) mass is 332 g/mol. The van der Waals surface area contributed by atoms with Crippen molar-refractivity contribution < 1.29 is 9.53 Å². The lowest BCUT2D eigenvalue weighted by Crippen LogP contribution is -2.17. The molecule has 0 fully saturated rings. The van der Waals surface area contributed by atoms with Crippen LogP contribution in [0.1, 0.15) is 17.5 Å². The van der Waals surface area contributed by atoms with Gasteiger partial charge in [-0.15, -0.1) is 0 Å². The Labute approximate surface area is 141 Å². The van der Waals surface area contributed by atoms with Crippen molar-refractivity contribution >= 4 is 28.9 Å². The number of anilines is 2. The molecule has 0 saturated heterocycles. The van der Waals surface area contributed by atoms with Crippen LogP contribution < -0.4 is 15.4 Å². The molecule has 0 spiro atoms. The van der Waals surface area contributed by atoms with Crippen molar-refractivity contribution in [1.82, 2.24) is 0 Å². The topological polar surface area (TPSA) is 50.4 Å². The van der Waals surface area contributed by atoms with Gasteiger partial charge in [0.25, 0.3) is 0 Å². The van der Waals surface area contributed by atoms with Crippen molar-refractivity contribution in [2.75, 3.05) is 24.3 Å². The van der Waals surface area contributed by atoms with Crippen molar-refractivity contribution in [3.63, 3.8) is 0 Å². The van der Waals surface area contributed by atoms with Gasteiger partial charge in [0.15, 0.2) is 0 Å². The maximum absolute atomic E-state index is 12.1. The number of halogens is 1. The van der Waals surface area contributed by atoms with Gasteiger partial charge in [-0.05, 0) is 49.2 Å². The molecule has 23 heavy (non-hydrogen) atoms. The summed E-state index contributed by atoms with van der Waals surface area (Å²) < 4.78 is 5.21. The van der Waals surface area contributed by atoms with Crippen LogP contribution in [0.5, 0.6) is 5.75 Å². The summed E-state index contributed by atoms with van der Waals surface area (Å²) in [4.78, 5) is 12.1. The molecule has 2 aromatic rings. The van der Waals surface area contributed by atoms with Gasteiger partial charge < -0.3 is 15.4 Å². The lowest BCUT2D eigenvalue weighted by atomic mass is 10.1. The number of nitrogens with one attached hydrogen (secondary N) is 2. The van der Waals surface area contributed by atoms with Crippen LogP contribution in [0.2, 0.25) is 5.02 Å². The molecule has 0 saturated carbocycles. The summed E-state index contributed by atoms with van der Waals surface area (Å²) in [7, 11) is 1.56. The van der Waals surface area contributed by atoms with E-state index in [1.807, 2.05) is 13.8 Å². The van der Waals surface area contributed by atoms with E-state index in [1.165, 1.54) is 5.56 Å². The molecule has 0 radical (unpaired) electrons. The third kappa shape index (κ3) is 4.89. The van der Waals surface area contributed by atoms with Crippen LogP contribution in [0.4, 0.5) is 11.4 Å². The van der Waals surface area contributed by atoms with Crippen molar-refractivity contribution in [1.29, 1.82) is 0 Å². The minimum atomic E-state index is -0.0941. The van der Waals surface area contributed by atoms with Gasteiger partial charge in [0.05, 0.1) is 12.8 Å². The first kappa shape index (κ1) is 17.2. The number of hydrogen-bond donors (Lipinski definition) is 2. The fourth-order valence-corrected chi connectivity index (χ4v) is 2.40. The van der Waals surface area contributed by atoms with Gasteiger partial charge in [-0.2, -0.15) is 0 Å². The maximum Gasteiger partial charge on any atom is 0.226 e. The van der Waals surface area contributed by atoms with Crippen molar-refractivity contribution in [3.05, 3.63) is 52.5 Å². The summed E-state index contributed by atoms with van der Waals surface area (Å²) in [6, 6.07) is 11.3. The number of carbonyl (C=O) groups excluding carboxylic acids is 1. The average Bonchev–Trinajstić information content (AvgIpc) is 2.51. The fourth-order valence-electron chi connectivity index (χ4n) is 2.23. The lowest BCUT2D eigenvalue weighted by molar-refractivity contribution is -0.116. The number of benzene rings is 2. The van der Waals surface area contributed by atoms with E-state index in [1.54, 1.807) is 25.3 Å². The van der Waals surface area contributed by atoms with Crippen LogP contribution in [0.3, 0.4) is 0 Å². The Morgan fingerprint density at radius 2 is 1.91 bits per heavy atom. The standard InChI is InChI=1S/C18H21ClN2O2/c1-12-4-5-13(2)15(10-12)20-9-8-18(22)21-16-11-14(19)6-7-17(16)23-3/h4-7,10-11,20H,8-9H2,1-3H3,(H,21,22). The normalized spacial score (nSPS) is 10.3. The number of methoxy groups -OCH3 is 1. The van der Waals surface area contributed by atoms with Crippen molar-refractivity contribution in [2.24, 2.45) is 0 Å². The van der Waals surface area contributed by atoms with Crippen LogP contribution in [0, 0.1) is 13.8 Å². The molecule has 0 unspecified atom stereocenters. The molecule has 0 aromatic heterocycles. The first-order valence-corrected chi connectivity index (χ1v) is 7.82. The second kappa shape index (κ2) is 7.88. The Bertz CT molecular complexity index is 701. The zero-order valence-corrected chi connectivity index (χ0v) is 14.3. The molecule has 5 heteroatoms. The Kier molecular flexibility index (Phi) is 5.88. The predicted octanol–water partition coefficient (Wildman–Crippen LogP) is 4.41. The van der Waals surface area contributed by atoms with Gasteiger partial charge in [0.1, 0.15) is 5.75 Å². The van der Waals surface area contributed by atoms with Gasteiger partial charge in [0.2, 0.25) is 5.91 Å². The van der Waals surface area contributed by atoms with Gasteiger partial charge >= 0.3 is 0 Å². The van der Waals surface area contributed by atoms with E-state index in [2.05, 4.69) is 28.8 Å². The van der Waals surface area contributed by atoms with Crippen LogP contribution in [0.25, 0.3) is 0 Å². The molecule has 0 aliphatic carbocycles. The molecule has 0 bridgehead atoms. The molecule has 2 aromatic carbocycles. The van der Waals surface area contributed by atoms with E-state index in [4.69, 9.17) is 16.3 Å². The fraction of sp³-hybridized carbons (Fsp3) is 0.278. The molecule has 2 N–H and O–H groups in total. The van der Waals surface area contributed by atoms with Gasteiger partial charge in [0, 0.05) is 23.7 Å². The highest BCUT2D eigenvalue weighted by Gasteiger charge is 2.08. The van der Waals surface area contributed by atoms with Gasteiger partial charge in [-0.3, -0.25) is 4.79 Å². The highest BCUT2D eigenvalue weighted by molar-refractivity contribution is 6.31. The molecule has 2 rings (SSSR count). The largest absolute Gasteiger partial charge is 0.495 e. The summed E-state index contributed by atoms with van der Waals surface area (Å²) in [5, 5.41) is 6.67. The quantitative estimate of drug-likeness (QED) is 0.824. The number of carbonyl (C=O) groups is 1. The minimum absolute atomic E-state index is 0.0941. The van der Waals surface area contributed by atoms with Crippen LogP contribution in [-0.4, -0.2) is 19.6 Å². The van der Waals surface area contributed by atoms with E-state index in [-0.39, 0.29) is 5.91 Å². The van der Waals surface area contributed by atoms with E-state index in [0.29, 0.717) is 29.4 Å². The molecule has 1 amide bonds. The number of aryl methyl sites for hydroxylation is 2. The summed E-state index contributed by atoms with van der Waals surface area (Å²) in [5.74, 6) is 0.494. The average molecular weight is 333 g/mol. The molecule has 0 aliphatic heterocycles. The molecule has 122 valence electrons. The smallest absolute Gasteiger partial charge is 0.226 e. The van der Waals surface area contributed by atoms with E-state index in [0.717, 1.165) is 11.3 Å². The highest BCUT2D eigenvalue weighted by atomic mass is 35.5. The molecular formula is C18H21ClN2O2. The summed E-state index contributed by atoms with van der Waals surface area (Å²) >= 11 is 5.95. The highest BCUT2D eigenvalue weighted by Crippen LogP contribution is 2.27. The number of amides is 1. The Hall–Kier alpha value is -2.20. The van der Waals surface area contributed by atoms with Gasteiger partial charge in [-0.25, -0.2) is 0 Å². The van der Waals surface area contributed by atoms with Crippen LogP contribution in [-0.2, 0) is 4.79 Å². The second-order valence-electron chi connectivity index (χ2n) is 5.39. The summed E-state index contributed by atoms with van der Waals surface area (Å²) in [6.07, 6.45) is 0.350. The predicted molar refractivity (Wildman–Crippen MR) is 95.7 cm³/mol. The number of ether oxygens (including phenoxy) is 1. The first-order chi connectivity index (χ1) is 11.0. The second-order valence-corrected chi connectivity index (χ2v) is 5.82. The maximum atomic E-state index is 12.1. The molecule has 4 nitrogen and oxygen atoms in total. The third-order valence-electron chi connectivity index (χ3n) is 3.50. The van der Waals surface area contributed by atoms with Crippen LogP contribution in [0.15, 0.2) is 36.4 Å². The van der Waals surface area contributed by atoms with E-state index < -0.39 is 0 Å². The van der Waals surface area contributed by atoms with E-state index in [9.17, 15) is 4.79 Å². The Morgan fingerprint density at radius 3 is 2.65 bits per heavy atom. The Morgan fingerprint density at radius 1 is 1.13 bits per heavy atom. The number of hydrogen-bond acceptors (Lipinski definition) is 3. The first-order valence-electron chi connectivity index (χ1n) is 7.44.